The first-order chi connectivity index (χ1) is 10.2. The molecule has 4 rings (SSSR count). The lowest BCUT2D eigenvalue weighted by molar-refractivity contribution is -0.110. The highest BCUT2D eigenvalue weighted by molar-refractivity contribution is 6.35. The molecule has 0 saturated heterocycles. The minimum Gasteiger partial charge on any atom is -0.361 e. The third kappa shape index (κ3) is 1.86. The number of hydrogen-bond donors (Lipinski definition) is 2. The van der Waals surface area contributed by atoms with Crippen LogP contribution in [-0.4, -0.2) is 10.9 Å². The van der Waals surface area contributed by atoms with Crippen LogP contribution in [0, 0.1) is 6.92 Å². The lowest BCUT2D eigenvalue weighted by Gasteiger charge is -1.98. The Morgan fingerprint density at radius 2 is 1.95 bits per heavy atom. The number of amides is 1. The van der Waals surface area contributed by atoms with Gasteiger partial charge in [-0.25, -0.2) is 0 Å². The van der Waals surface area contributed by atoms with E-state index in [2.05, 4.69) is 35.4 Å². The maximum atomic E-state index is 12.2. The van der Waals surface area contributed by atoms with Gasteiger partial charge in [-0.05, 0) is 30.7 Å². The number of H-pyrrole nitrogens is 1. The molecule has 102 valence electrons. The van der Waals surface area contributed by atoms with E-state index >= 15 is 0 Å². The normalized spacial score (nSPS) is 15.5. The lowest BCUT2D eigenvalue weighted by Crippen LogP contribution is -2.03. The summed E-state index contributed by atoms with van der Waals surface area (Å²) in [4.78, 5) is 15.4. The Hall–Kier alpha value is -2.81. The molecule has 3 nitrogen and oxygen atoms in total. The van der Waals surface area contributed by atoms with E-state index in [0.717, 1.165) is 27.7 Å². The summed E-state index contributed by atoms with van der Waals surface area (Å²) in [5.41, 5.74) is 5.90. The molecule has 3 heteroatoms. The van der Waals surface area contributed by atoms with Crippen LogP contribution in [0.2, 0.25) is 0 Å². The molecular formula is C18H14N2O. The zero-order valence-electron chi connectivity index (χ0n) is 11.6. The molecular weight excluding hydrogens is 260 g/mol. The number of para-hydroxylation sites is 1. The maximum absolute atomic E-state index is 12.2. The Kier molecular flexibility index (Phi) is 2.48. The summed E-state index contributed by atoms with van der Waals surface area (Å²) < 4.78 is 0. The topological polar surface area (TPSA) is 44.9 Å². The van der Waals surface area contributed by atoms with E-state index in [1.807, 2.05) is 36.5 Å². The summed E-state index contributed by atoms with van der Waals surface area (Å²) in [6.45, 7) is 2.07. The summed E-state index contributed by atoms with van der Waals surface area (Å²) in [7, 11) is 0. The monoisotopic (exact) mass is 274 g/mol. The van der Waals surface area contributed by atoms with E-state index in [1.165, 1.54) is 5.56 Å². The minimum atomic E-state index is -0.0438. The maximum Gasteiger partial charge on any atom is 0.256 e. The number of aromatic amines is 1. The molecule has 2 heterocycles. The molecule has 0 saturated carbocycles. The second-order valence-electron chi connectivity index (χ2n) is 5.35. The van der Waals surface area contributed by atoms with Crippen LogP contribution < -0.4 is 5.32 Å². The molecule has 0 atom stereocenters. The van der Waals surface area contributed by atoms with Crippen molar-refractivity contribution in [2.45, 2.75) is 6.92 Å². The van der Waals surface area contributed by atoms with Gasteiger partial charge in [0.25, 0.3) is 5.91 Å². The molecule has 0 spiro atoms. The van der Waals surface area contributed by atoms with Gasteiger partial charge in [0, 0.05) is 39.5 Å². The smallest absolute Gasteiger partial charge is 0.256 e. The third-order valence-corrected chi connectivity index (χ3v) is 3.88. The molecule has 0 aliphatic carbocycles. The van der Waals surface area contributed by atoms with Gasteiger partial charge in [-0.2, -0.15) is 0 Å². The molecule has 0 fully saturated rings. The second-order valence-corrected chi connectivity index (χ2v) is 5.35. The number of nitrogens with one attached hydrogen (secondary N) is 2. The Labute approximate surface area is 122 Å². The van der Waals surface area contributed by atoms with Gasteiger partial charge in [-0.1, -0.05) is 30.3 Å². The van der Waals surface area contributed by atoms with E-state index in [1.54, 1.807) is 0 Å². The van der Waals surface area contributed by atoms with Crippen LogP contribution in [0.5, 0.6) is 0 Å². The molecule has 1 aromatic heterocycles. The van der Waals surface area contributed by atoms with Crippen molar-refractivity contribution in [3.8, 4) is 0 Å². The summed E-state index contributed by atoms with van der Waals surface area (Å²) in [6.07, 6.45) is 3.90. The van der Waals surface area contributed by atoms with Gasteiger partial charge in [0.15, 0.2) is 0 Å². The highest BCUT2D eigenvalue weighted by Gasteiger charge is 2.23. The molecule has 2 N–H and O–H groups in total. The number of anilines is 1. The van der Waals surface area contributed by atoms with E-state index in [-0.39, 0.29) is 5.91 Å². The van der Waals surface area contributed by atoms with Crippen LogP contribution in [0.15, 0.2) is 48.7 Å². The molecule has 0 bridgehead atoms. The first-order valence-corrected chi connectivity index (χ1v) is 6.92. The standard InChI is InChI=1S/C18H14N2O/c1-11-6-7-13-12(10-19-17(13)8-11)9-15-14-4-2-3-5-16(14)20-18(15)21/h2-10,19H,1H3,(H,20,21). The van der Waals surface area contributed by atoms with Crippen molar-refractivity contribution in [3.05, 3.63) is 65.4 Å². The van der Waals surface area contributed by atoms with Crippen molar-refractivity contribution in [3.63, 3.8) is 0 Å². The highest BCUT2D eigenvalue weighted by Crippen LogP contribution is 2.33. The Morgan fingerprint density at radius 3 is 2.86 bits per heavy atom. The number of aryl methyl sites for hydroxylation is 1. The average molecular weight is 274 g/mol. The fourth-order valence-corrected chi connectivity index (χ4v) is 2.82. The molecule has 1 aliphatic rings. The van der Waals surface area contributed by atoms with E-state index in [0.29, 0.717) is 5.57 Å². The SMILES string of the molecule is Cc1ccc2c(C=C3C(=O)Nc4ccccc43)c[nH]c2c1. The average Bonchev–Trinajstić information content (AvgIpc) is 3.01. The van der Waals surface area contributed by atoms with Crippen molar-refractivity contribution >= 4 is 34.1 Å². The van der Waals surface area contributed by atoms with Crippen LogP contribution in [0.3, 0.4) is 0 Å². The Bertz CT molecular complexity index is 902. The summed E-state index contributed by atoms with van der Waals surface area (Å²) >= 11 is 0. The van der Waals surface area contributed by atoms with Crippen molar-refractivity contribution in [1.29, 1.82) is 0 Å². The van der Waals surface area contributed by atoms with Gasteiger partial charge in [0.1, 0.15) is 0 Å². The second kappa shape index (κ2) is 4.35. The molecule has 3 aromatic rings. The third-order valence-electron chi connectivity index (χ3n) is 3.88. The molecule has 1 amide bonds. The number of carbonyl (C=O) groups excluding carboxylic acids is 1. The number of aromatic nitrogens is 1. The van der Waals surface area contributed by atoms with Crippen LogP contribution in [0.25, 0.3) is 22.6 Å². The van der Waals surface area contributed by atoms with Gasteiger partial charge < -0.3 is 10.3 Å². The quantitative estimate of drug-likeness (QED) is 0.648. The number of benzene rings is 2. The summed E-state index contributed by atoms with van der Waals surface area (Å²) in [5.74, 6) is -0.0438. The summed E-state index contributed by atoms with van der Waals surface area (Å²) in [6, 6.07) is 14.1. The van der Waals surface area contributed by atoms with Gasteiger partial charge in [-0.3, -0.25) is 4.79 Å². The molecule has 1 aliphatic heterocycles. The van der Waals surface area contributed by atoms with E-state index in [4.69, 9.17) is 0 Å². The largest absolute Gasteiger partial charge is 0.361 e. The Morgan fingerprint density at radius 1 is 1.10 bits per heavy atom. The molecule has 0 unspecified atom stereocenters. The zero-order valence-corrected chi connectivity index (χ0v) is 11.6. The predicted molar refractivity (Wildman–Crippen MR) is 86.0 cm³/mol. The number of rotatable bonds is 1. The van der Waals surface area contributed by atoms with Crippen LogP contribution in [-0.2, 0) is 4.79 Å². The first kappa shape index (κ1) is 12.0. The number of hydrogen-bond acceptors (Lipinski definition) is 1. The van der Waals surface area contributed by atoms with Gasteiger partial charge in [0.05, 0.1) is 0 Å². The fraction of sp³-hybridized carbons (Fsp3) is 0.0556. The van der Waals surface area contributed by atoms with Gasteiger partial charge in [0.2, 0.25) is 0 Å². The van der Waals surface area contributed by atoms with Crippen molar-refractivity contribution in [2.75, 3.05) is 5.32 Å². The minimum absolute atomic E-state index is 0.0438. The van der Waals surface area contributed by atoms with Crippen LogP contribution >= 0.6 is 0 Å². The first-order valence-electron chi connectivity index (χ1n) is 6.92. The molecule has 2 aromatic carbocycles. The Balaban J connectivity index is 1.89. The van der Waals surface area contributed by atoms with Crippen molar-refractivity contribution < 1.29 is 4.79 Å². The summed E-state index contributed by atoms with van der Waals surface area (Å²) in [5, 5.41) is 4.03. The van der Waals surface area contributed by atoms with Gasteiger partial charge in [-0.15, -0.1) is 0 Å². The number of fused-ring (bicyclic) bond motifs is 2. The van der Waals surface area contributed by atoms with Crippen LogP contribution in [0.1, 0.15) is 16.7 Å². The fourth-order valence-electron chi connectivity index (χ4n) is 2.82. The van der Waals surface area contributed by atoms with E-state index in [9.17, 15) is 4.79 Å². The lowest BCUT2D eigenvalue weighted by atomic mass is 10.0. The number of carbonyl (C=O) groups is 1. The zero-order chi connectivity index (χ0) is 14.4. The molecule has 21 heavy (non-hydrogen) atoms. The van der Waals surface area contributed by atoms with E-state index < -0.39 is 0 Å². The highest BCUT2D eigenvalue weighted by atomic mass is 16.2. The van der Waals surface area contributed by atoms with Crippen molar-refractivity contribution in [2.24, 2.45) is 0 Å². The molecule has 0 radical (unpaired) electrons. The predicted octanol–water partition coefficient (Wildman–Crippen LogP) is 3.97. The van der Waals surface area contributed by atoms with Crippen LogP contribution in [0.4, 0.5) is 5.69 Å². The van der Waals surface area contributed by atoms with Gasteiger partial charge >= 0.3 is 0 Å². The van der Waals surface area contributed by atoms with Crippen molar-refractivity contribution in [1.82, 2.24) is 4.98 Å².